The van der Waals surface area contributed by atoms with Crippen molar-refractivity contribution < 1.29 is 14.6 Å². The molecule has 21 heavy (non-hydrogen) atoms. The third-order valence-electron chi connectivity index (χ3n) is 3.25. The van der Waals surface area contributed by atoms with Gasteiger partial charge in [-0.15, -0.1) is 0 Å². The second-order valence-electron chi connectivity index (χ2n) is 4.63. The van der Waals surface area contributed by atoms with Crippen LogP contribution in [0.3, 0.4) is 0 Å². The van der Waals surface area contributed by atoms with Crippen LogP contribution in [-0.2, 0) is 7.05 Å². The van der Waals surface area contributed by atoms with Gasteiger partial charge in [-0.25, -0.2) is 0 Å². The van der Waals surface area contributed by atoms with E-state index in [1.165, 1.54) is 7.11 Å². The molecular weight excluding hydrogens is 313 g/mol. The van der Waals surface area contributed by atoms with Gasteiger partial charge in [-0.05, 0) is 29.8 Å². The number of aliphatic hydroxyl groups excluding tert-OH is 1. The number of carbonyl (C=O) groups excluding carboxylic acids is 1. The van der Waals surface area contributed by atoms with E-state index in [4.69, 9.17) is 27.9 Å². The maximum Gasteiger partial charge on any atom is 0.218 e. The second-order valence-corrected chi connectivity index (χ2v) is 6.02. The zero-order valence-electron chi connectivity index (χ0n) is 11.6. The Morgan fingerprint density at radius 3 is 2.38 bits per heavy atom. The third-order valence-corrected chi connectivity index (χ3v) is 4.01. The molecule has 0 unspecified atom stereocenters. The fourth-order valence-electron chi connectivity index (χ4n) is 1.99. The van der Waals surface area contributed by atoms with E-state index in [1.54, 1.807) is 54.2 Å². The van der Waals surface area contributed by atoms with Crippen LogP contribution in [0.4, 0.5) is 0 Å². The lowest BCUT2D eigenvalue weighted by atomic mass is 10.0. The van der Waals surface area contributed by atoms with Crippen molar-refractivity contribution in [3.8, 4) is 5.75 Å². The molecule has 1 aromatic heterocycles. The first-order valence-corrected chi connectivity index (χ1v) is 6.99. The molecule has 0 saturated carbocycles. The van der Waals surface area contributed by atoms with Crippen LogP contribution in [0.1, 0.15) is 22.2 Å². The molecule has 0 saturated heterocycles. The average molecular weight is 328 g/mol. The topological polar surface area (TPSA) is 51.5 Å². The van der Waals surface area contributed by atoms with Gasteiger partial charge in [0, 0.05) is 13.2 Å². The van der Waals surface area contributed by atoms with Crippen molar-refractivity contribution in [3.63, 3.8) is 0 Å². The van der Waals surface area contributed by atoms with Crippen molar-refractivity contribution in [2.75, 3.05) is 7.11 Å². The lowest BCUT2D eigenvalue weighted by molar-refractivity contribution is 0.0842. The summed E-state index contributed by atoms with van der Waals surface area (Å²) in [4.78, 5) is 12.4. The third kappa shape index (κ3) is 3.07. The minimum atomic E-state index is -1.97. The Morgan fingerprint density at radius 1 is 1.29 bits per heavy atom. The van der Waals surface area contributed by atoms with Gasteiger partial charge in [-0.2, -0.15) is 0 Å². The van der Waals surface area contributed by atoms with Gasteiger partial charge in [0.15, 0.2) is 0 Å². The van der Waals surface area contributed by atoms with Crippen LogP contribution >= 0.6 is 23.2 Å². The summed E-state index contributed by atoms with van der Waals surface area (Å²) in [6.07, 6.45) is 0.353. The highest BCUT2D eigenvalue weighted by molar-refractivity contribution is 6.60. The average Bonchev–Trinajstić information content (AvgIpc) is 2.91. The Morgan fingerprint density at radius 2 is 1.90 bits per heavy atom. The number of aryl methyl sites for hydroxylation is 1. The van der Waals surface area contributed by atoms with Crippen molar-refractivity contribution in [3.05, 3.63) is 53.9 Å². The van der Waals surface area contributed by atoms with Gasteiger partial charge in [-0.3, -0.25) is 4.79 Å². The number of benzene rings is 1. The number of hydrogen-bond acceptors (Lipinski definition) is 3. The summed E-state index contributed by atoms with van der Waals surface area (Å²) in [5.74, 6) is 0.0797. The Balaban J connectivity index is 2.29. The fraction of sp³-hybridized carbons (Fsp3) is 0.267. The van der Waals surface area contributed by atoms with Gasteiger partial charge in [0.1, 0.15) is 11.9 Å². The van der Waals surface area contributed by atoms with Crippen LogP contribution in [0, 0.1) is 0 Å². The van der Waals surface area contributed by atoms with Crippen LogP contribution in [0.2, 0.25) is 0 Å². The molecule has 2 aromatic rings. The highest BCUT2D eigenvalue weighted by Crippen LogP contribution is 2.39. The highest BCUT2D eigenvalue weighted by atomic mass is 35.5. The number of aromatic nitrogens is 1. The van der Waals surface area contributed by atoms with Gasteiger partial charge in [0.25, 0.3) is 0 Å². The van der Waals surface area contributed by atoms with Gasteiger partial charge < -0.3 is 14.4 Å². The van der Waals surface area contributed by atoms with Crippen molar-refractivity contribution in [2.45, 2.75) is 10.4 Å². The summed E-state index contributed by atoms with van der Waals surface area (Å²) in [6, 6.07) is 9.85. The summed E-state index contributed by atoms with van der Waals surface area (Å²) >= 11 is 12.3. The number of Topliss-reactive ketones (excluding diaryl/α,β-unsaturated/α-hetero) is 1. The fourth-order valence-corrected chi connectivity index (χ4v) is 2.43. The van der Waals surface area contributed by atoms with E-state index in [2.05, 4.69) is 0 Å². The molecule has 0 aliphatic heterocycles. The molecule has 0 aliphatic rings. The first kappa shape index (κ1) is 15.9. The maximum absolute atomic E-state index is 12.4. The van der Waals surface area contributed by atoms with Crippen LogP contribution in [0.15, 0.2) is 42.6 Å². The molecule has 112 valence electrons. The van der Waals surface area contributed by atoms with Gasteiger partial charge in [-0.1, -0.05) is 35.3 Å². The first-order valence-electron chi connectivity index (χ1n) is 6.24. The molecule has 2 rings (SSSR count). The highest BCUT2D eigenvalue weighted by Gasteiger charge is 2.43. The number of rotatable bonds is 5. The number of alkyl halides is 2. The number of hydrogen-bond donors (Lipinski definition) is 1. The van der Waals surface area contributed by atoms with E-state index < -0.39 is 16.2 Å². The molecule has 0 radical (unpaired) electrons. The molecule has 1 atom stereocenters. The Hall–Kier alpha value is -1.49. The number of ketones is 1. The minimum absolute atomic E-state index is 0.326. The molecule has 1 N–H and O–H groups in total. The number of methoxy groups -OCH3 is 1. The number of nitrogens with zero attached hydrogens (tertiary/aromatic N) is 1. The number of aliphatic hydroxyl groups is 1. The lowest BCUT2D eigenvalue weighted by Gasteiger charge is -2.25. The number of halogens is 2. The molecule has 1 aromatic carbocycles. The van der Waals surface area contributed by atoms with E-state index in [-0.39, 0.29) is 0 Å². The smallest absolute Gasteiger partial charge is 0.218 e. The largest absolute Gasteiger partial charge is 0.497 e. The summed E-state index contributed by atoms with van der Waals surface area (Å²) in [6.45, 7) is 0. The molecule has 6 heteroatoms. The van der Waals surface area contributed by atoms with Crippen molar-refractivity contribution in [2.24, 2.45) is 7.05 Å². The zero-order valence-corrected chi connectivity index (χ0v) is 13.1. The first-order chi connectivity index (χ1) is 9.87. The van der Waals surface area contributed by atoms with E-state index in [9.17, 15) is 9.90 Å². The number of carbonyl (C=O) groups is 1. The second kappa shape index (κ2) is 6.10. The van der Waals surface area contributed by atoms with Crippen molar-refractivity contribution >= 4 is 29.0 Å². The summed E-state index contributed by atoms with van der Waals surface area (Å²) in [5, 5.41) is 10.3. The quantitative estimate of drug-likeness (QED) is 0.678. The van der Waals surface area contributed by atoms with Crippen LogP contribution in [0.5, 0.6) is 5.75 Å². The van der Waals surface area contributed by atoms with Gasteiger partial charge >= 0.3 is 0 Å². The molecule has 0 aliphatic carbocycles. The minimum Gasteiger partial charge on any atom is -0.497 e. The molecule has 0 spiro atoms. The van der Waals surface area contributed by atoms with Crippen molar-refractivity contribution in [1.29, 1.82) is 0 Å². The summed E-state index contributed by atoms with van der Waals surface area (Å²) in [5.41, 5.74) is 0.760. The zero-order chi connectivity index (χ0) is 15.6. The molecule has 1 heterocycles. The molecular formula is C15H15Cl2NO3. The van der Waals surface area contributed by atoms with E-state index in [0.717, 1.165) is 0 Å². The standard InChI is InChI=1S/C15H15Cl2NO3/c1-18-9-3-4-12(18)14(20)15(16,17)13(19)10-5-7-11(21-2)8-6-10/h3-9,13,19H,1-2H3/t13-/m0/s1. The predicted octanol–water partition coefficient (Wildman–Crippen LogP) is 3.12. The van der Waals surface area contributed by atoms with Gasteiger partial charge in [0.05, 0.1) is 12.8 Å². The summed E-state index contributed by atoms with van der Waals surface area (Å²) < 4.78 is 4.67. The molecule has 4 nitrogen and oxygen atoms in total. The Kier molecular flexibility index (Phi) is 4.61. The van der Waals surface area contributed by atoms with Crippen LogP contribution < -0.4 is 4.74 Å². The molecule has 0 bridgehead atoms. The molecule has 0 amide bonds. The summed E-state index contributed by atoms with van der Waals surface area (Å²) in [7, 11) is 3.24. The van der Waals surface area contributed by atoms with Gasteiger partial charge in [0.2, 0.25) is 10.1 Å². The SMILES string of the molecule is COc1ccc([C@H](O)C(Cl)(Cl)C(=O)c2cccn2C)cc1. The monoisotopic (exact) mass is 327 g/mol. The molecule has 0 fully saturated rings. The van der Waals surface area contributed by atoms with Crippen LogP contribution in [0.25, 0.3) is 0 Å². The van der Waals surface area contributed by atoms with E-state index in [1.807, 2.05) is 0 Å². The van der Waals surface area contributed by atoms with E-state index in [0.29, 0.717) is 17.0 Å². The number of ether oxygens (including phenoxy) is 1. The normalized spacial score (nSPS) is 13.0. The Bertz CT molecular complexity index is 635. The maximum atomic E-state index is 12.4. The van der Waals surface area contributed by atoms with E-state index >= 15 is 0 Å². The lowest BCUT2D eigenvalue weighted by Crippen LogP contribution is -2.34. The Labute approximate surface area is 132 Å². The van der Waals surface area contributed by atoms with Crippen molar-refractivity contribution in [1.82, 2.24) is 4.57 Å². The predicted molar refractivity (Wildman–Crippen MR) is 82.1 cm³/mol. The van der Waals surface area contributed by atoms with Crippen LogP contribution in [-0.4, -0.2) is 26.9 Å².